The van der Waals surface area contributed by atoms with Crippen molar-refractivity contribution < 1.29 is 23.8 Å². The normalized spacial score (nSPS) is 13.7. The van der Waals surface area contributed by atoms with Gasteiger partial charge in [0.1, 0.15) is 5.75 Å². The Labute approximate surface area is 177 Å². The van der Waals surface area contributed by atoms with E-state index in [1.54, 1.807) is 54.4 Å². The van der Waals surface area contributed by atoms with Crippen molar-refractivity contribution in [2.45, 2.75) is 13.3 Å². The molecule has 1 fully saturated rings. The molecule has 1 aliphatic rings. The second-order valence-electron chi connectivity index (χ2n) is 7.00. The van der Waals surface area contributed by atoms with Crippen LogP contribution in [0.2, 0.25) is 0 Å². The predicted octanol–water partition coefficient (Wildman–Crippen LogP) is 2.63. The van der Waals surface area contributed by atoms with Crippen LogP contribution in [0.15, 0.2) is 42.5 Å². The minimum Gasteiger partial charge on any atom is -0.494 e. The number of amides is 2. The molecule has 7 nitrogen and oxygen atoms in total. The number of ether oxygens (including phenoxy) is 3. The van der Waals surface area contributed by atoms with Crippen LogP contribution in [0, 0.1) is 0 Å². The van der Waals surface area contributed by atoms with Crippen LogP contribution >= 0.6 is 0 Å². The molecular weight excluding hydrogens is 384 g/mol. The molecule has 0 atom stereocenters. The predicted molar refractivity (Wildman–Crippen MR) is 113 cm³/mol. The molecule has 7 heteroatoms. The molecule has 0 unspecified atom stereocenters. The molecule has 0 saturated carbocycles. The smallest absolute Gasteiger partial charge is 0.253 e. The fraction of sp³-hybridized carbons (Fsp3) is 0.391. The third-order valence-electron chi connectivity index (χ3n) is 5.14. The van der Waals surface area contributed by atoms with Gasteiger partial charge in [0.15, 0.2) is 11.5 Å². The second-order valence-corrected chi connectivity index (χ2v) is 7.00. The minimum absolute atomic E-state index is 0.0231. The average Bonchev–Trinajstić information content (AvgIpc) is 2.79. The van der Waals surface area contributed by atoms with E-state index in [1.807, 2.05) is 19.1 Å². The summed E-state index contributed by atoms with van der Waals surface area (Å²) in [6, 6.07) is 12.7. The van der Waals surface area contributed by atoms with Crippen LogP contribution in [0.25, 0.3) is 0 Å². The Morgan fingerprint density at radius 1 is 0.867 bits per heavy atom. The fourth-order valence-electron chi connectivity index (χ4n) is 3.48. The number of methoxy groups -OCH3 is 2. The lowest BCUT2D eigenvalue weighted by molar-refractivity contribution is -0.131. The molecule has 2 aromatic carbocycles. The lowest BCUT2D eigenvalue weighted by Gasteiger charge is -2.35. The van der Waals surface area contributed by atoms with Crippen LogP contribution in [-0.2, 0) is 11.2 Å². The standard InChI is InChI=1S/C23H28N2O5/c1-4-30-19-8-6-18(7-9-19)23(27)25-13-11-24(12-14-25)22(26)16-17-5-10-20(28-2)21(15-17)29-3/h5-10,15H,4,11-14,16H2,1-3H3. The molecule has 0 bridgehead atoms. The maximum Gasteiger partial charge on any atom is 0.253 e. The van der Waals surface area contributed by atoms with E-state index >= 15 is 0 Å². The van der Waals surface area contributed by atoms with Crippen LogP contribution in [0.5, 0.6) is 17.2 Å². The first-order valence-corrected chi connectivity index (χ1v) is 10.1. The van der Waals surface area contributed by atoms with E-state index in [1.165, 1.54) is 0 Å². The van der Waals surface area contributed by atoms with Gasteiger partial charge in [0.2, 0.25) is 5.91 Å². The Kier molecular flexibility index (Phi) is 7.17. The van der Waals surface area contributed by atoms with E-state index in [4.69, 9.17) is 14.2 Å². The number of nitrogens with zero attached hydrogens (tertiary/aromatic N) is 2. The molecule has 30 heavy (non-hydrogen) atoms. The van der Waals surface area contributed by atoms with Crippen molar-refractivity contribution in [3.63, 3.8) is 0 Å². The van der Waals surface area contributed by atoms with Crippen molar-refractivity contribution >= 4 is 11.8 Å². The number of piperazine rings is 1. The van der Waals surface area contributed by atoms with Gasteiger partial charge in [0.25, 0.3) is 5.91 Å². The highest BCUT2D eigenvalue weighted by molar-refractivity contribution is 5.94. The second kappa shape index (κ2) is 10.0. The summed E-state index contributed by atoms with van der Waals surface area (Å²) < 4.78 is 16.0. The lowest BCUT2D eigenvalue weighted by atomic mass is 10.1. The number of carbonyl (C=O) groups excluding carboxylic acids is 2. The number of benzene rings is 2. The van der Waals surface area contributed by atoms with Crippen LogP contribution in [-0.4, -0.2) is 68.6 Å². The molecule has 0 N–H and O–H groups in total. The Bertz CT molecular complexity index is 874. The van der Waals surface area contributed by atoms with Gasteiger partial charge in [-0.05, 0) is 48.9 Å². The maximum atomic E-state index is 12.7. The van der Waals surface area contributed by atoms with E-state index in [-0.39, 0.29) is 18.2 Å². The Balaban J connectivity index is 1.54. The first-order chi connectivity index (χ1) is 14.5. The molecule has 0 aliphatic carbocycles. The lowest BCUT2D eigenvalue weighted by Crippen LogP contribution is -2.51. The first kappa shape index (κ1) is 21.5. The minimum atomic E-state index is -0.0231. The van der Waals surface area contributed by atoms with Gasteiger partial charge in [-0.2, -0.15) is 0 Å². The highest BCUT2D eigenvalue weighted by Crippen LogP contribution is 2.28. The van der Waals surface area contributed by atoms with Gasteiger partial charge in [-0.3, -0.25) is 9.59 Å². The number of hydrogen-bond acceptors (Lipinski definition) is 5. The quantitative estimate of drug-likeness (QED) is 0.699. The number of rotatable bonds is 7. The Morgan fingerprint density at radius 3 is 2.10 bits per heavy atom. The Hall–Kier alpha value is -3.22. The molecular formula is C23H28N2O5. The molecule has 0 spiro atoms. The summed E-state index contributed by atoms with van der Waals surface area (Å²) in [5, 5.41) is 0. The zero-order valence-corrected chi connectivity index (χ0v) is 17.7. The van der Waals surface area contributed by atoms with E-state index < -0.39 is 0 Å². The summed E-state index contributed by atoms with van der Waals surface area (Å²) in [5.41, 5.74) is 1.49. The van der Waals surface area contributed by atoms with Crippen LogP contribution in [0.3, 0.4) is 0 Å². The Morgan fingerprint density at radius 2 is 1.50 bits per heavy atom. The van der Waals surface area contributed by atoms with E-state index in [0.29, 0.717) is 49.8 Å². The van der Waals surface area contributed by atoms with E-state index in [9.17, 15) is 9.59 Å². The van der Waals surface area contributed by atoms with Crippen LogP contribution < -0.4 is 14.2 Å². The zero-order chi connectivity index (χ0) is 21.5. The third kappa shape index (κ3) is 5.03. The molecule has 3 rings (SSSR count). The van der Waals surface area contributed by atoms with Crippen molar-refractivity contribution in [1.29, 1.82) is 0 Å². The molecule has 1 saturated heterocycles. The van der Waals surface area contributed by atoms with Gasteiger partial charge >= 0.3 is 0 Å². The highest BCUT2D eigenvalue weighted by Gasteiger charge is 2.25. The summed E-state index contributed by atoms with van der Waals surface area (Å²) in [4.78, 5) is 29.0. The first-order valence-electron chi connectivity index (χ1n) is 10.1. The fourth-order valence-corrected chi connectivity index (χ4v) is 3.48. The third-order valence-corrected chi connectivity index (χ3v) is 5.14. The van der Waals surface area contributed by atoms with E-state index in [0.717, 1.165) is 11.3 Å². The van der Waals surface area contributed by atoms with Crippen molar-refractivity contribution in [2.24, 2.45) is 0 Å². The molecule has 0 radical (unpaired) electrons. The average molecular weight is 412 g/mol. The van der Waals surface area contributed by atoms with Gasteiger partial charge in [-0.15, -0.1) is 0 Å². The molecule has 2 aromatic rings. The molecule has 0 aromatic heterocycles. The summed E-state index contributed by atoms with van der Waals surface area (Å²) in [6.07, 6.45) is 0.285. The van der Waals surface area contributed by atoms with Crippen LogP contribution in [0.4, 0.5) is 0 Å². The zero-order valence-electron chi connectivity index (χ0n) is 17.7. The summed E-state index contributed by atoms with van der Waals surface area (Å²) in [6.45, 7) is 4.59. The molecule has 1 aliphatic heterocycles. The largest absolute Gasteiger partial charge is 0.494 e. The number of carbonyl (C=O) groups is 2. The van der Waals surface area contributed by atoms with E-state index in [2.05, 4.69) is 0 Å². The van der Waals surface area contributed by atoms with Gasteiger partial charge in [-0.25, -0.2) is 0 Å². The van der Waals surface area contributed by atoms with Crippen molar-refractivity contribution in [2.75, 3.05) is 47.0 Å². The summed E-state index contributed by atoms with van der Waals surface area (Å²) in [7, 11) is 3.15. The SMILES string of the molecule is CCOc1ccc(C(=O)N2CCN(C(=O)Cc3ccc(OC)c(OC)c3)CC2)cc1. The highest BCUT2D eigenvalue weighted by atomic mass is 16.5. The summed E-state index contributed by atoms with van der Waals surface area (Å²) >= 11 is 0. The number of hydrogen-bond donors (Lipinski definition) is 0. The van der Waals surface area contributed by atoms with Gasteiger partial charge in [-0.1, -0.05) is 6.07 Å². The molecule has 1 heterocycles. The summed E-state index contributed by atoms with van der Waals surface area (Å²) in [5.74, 6) is 2.00. The van der Waals surface area contributed by atoms with Crippen LogP contribution in [0.1, 0.15) is 22.8 Å². The van der Waals surface area contributed by atoms with Gasteiger partial charge in [0, 0.05) is 31.7 Å². The van der Waals surface area contributed by atoms with Crippen molar-refractivity contribution in [3.05, 3.63) is 53.6 Å². The molecule has 2 amide bonds. The van der Waals surface area contributed by atoms with Crippen molar-refractivity contribution in [3.8, 4) is 17.2 Å². The van der Waals surface area contributed by atoms with Gasteiger partial charge in [0.05, 0.1) is 27.2 Å². The topological polar surface area (TPSA) is 68.3 Å². The van der Waals surface area contributed by atoms with Crippen molar-refractivity contribution in [1.82, 2.24) is 9.80 Å². The van der Waals surface area contributed by atoms with Gasteiger partial charge < -0.3 is 24.0 Å². The molecule has 160 valence electrons. The monoisotopic (exact) mass is 412 g/mol. The maximum absolute atomic E-state index is 12.7.